The van der Waals surface area contributed by atoms with E-state index in [4.69, 9.17) is 16.0 Å². The van der Waals surface area contributed by atoms with Crippen LogP contribution in [0.15, 0.2) is 52.9 Å². The fourth-order valence-corrected chi connectivity index (χ4v) is 3.02. The molecule has 6 nitrogen and oxygen atoms in total. The van der Waals surface area contributed by atoms with E-state index in [0.29, 0.717) is 29.0 Å². The van der Waals surface area contributed by atoms with Gasteiger partial charge in [0.05, 0.1) is 12.5 Å². The lowest BCUT2D eigenvalue weighted by atomic mass is 9.99. The molecule has 0 saturated heterocycles. The van der Waals surface area contributed by atoms with Crippen molar-refractivity contribution < 1.29 is 32.2 Å². The topological polar surface area (TPSA) is 85.5 Å². The first-order valence-corrected chi connectivity index (χ1v) is 9.72. The Labute approximate surface area is 180 Å². The maximum absolute atomic E-state index is 12.2. The maximum atomic E-state index is 12.2. The lowest BCUT2D eigenvalue weighted by Crippen LogP contribution is -2.16. The highest BCUT2D eigenvalue weighted by Crippen LogP contribution is 2.28. The van der Waals surface area contributed by atoms with Gasteiger partial charge in [-0.3, -0.25) is 4.79 Å². The zero-order chi connectivity index (χ0) is 22.4. The third-order valence-electron chi connectivity index (χ3n) is 4.47. The Morgan fingerprint density at radius 2 is 1.77 bits per heavy atom. The summed E-state index contributed by atoms with van der Waals surface area (Å²) in [7, 11) is 0. The predicted molar refractivity (Wildman–Crippen MR) is 106 cm³/mol. The van der Waals surface area contributed by atoms with Gasteiger partial charge in [0.25, 0.3) is 0 Å². The molecule has 1 atom stereocenters. The summed E-state index contributed by atoms with van der Waals surface area (Å²) in [5.74, 6) is -0.585. The monoisotopic (exact) mass is 454 g/mol. The molecule has 0 amide bonds. The minimum atomic E-state index is -4.78. The van der Waals surface area contributed by atoms with Crippen molar-refractivity contribution in [1.82, 2.24) is 10.2 Å². The van der Waals surface area contributed by atoms with Crippen molar-refractivity contribution in [3.05, 3.63) is 65.0 Å². The van der Waals surface area contributed by atoms with E-state index in [1.807, 2.05) is 0 Å². The fraction of sp³-hybridized carbons (Fsp3) is 0.286. The number of nitrogens with zero attached hydrogens (tertiary/aromatic N) is 2. The Kier molecular flexibility index (Phi) is 7.29. The Bertz CT molecular complexity index is 1000. The summed E-state index contributed by atoms with van der Waals surface area (Å²) in [4.78, 5) is 12.2. The Morgan fingerprint density at radius 1 is 1.10 bits per heavy atom. The molecular formula is C21H18ClF3N2O4. The molecule has 3 rings (SSSR count). The number of aliphatic hydroxyl groups excluding tert-OH is 1. The molecule has 1 heterocycles. The number of carbonyl (C=O) groups excluding carboxylic acids is 1. The third kappa shape index (κ3) is 6.53. The van der Waals surface area contributed by atoms with E-state index >= 15 is 0 Å². The normalized spacial score (nSPS) is 12.5. The zero-order valence-electron chi connectivity index (χ0n) is 16.1. The van der Waals surface area contributed by atoms with Crippen LogP contribution in [0.25, 0.3) is 11.5 Å². The van der Waals surface area contributed by atoms with Gasteiger partial charge >= 0.3 is 6.36 Å². The lowest BCUT2D eigenvalue weighted by Gasteiger charge is -2.09. The van der Waals surface area contributed by atoms with Crippen molar-refractivity contribution in [3.8, 4) is 17.2 Å². The van der Waals surface area contributed by atoms with Crippen LogP contribution in [-0.2, 0) is 0 Å². The van der Waals surface area contributed by atoms with Crippen molar-refractivity contribution in [2.75, 3.05) is 6.61 Å². The summed E-state index contributed by atoms with van der Waals surface area (Å²) < 4.78 is 46.1. The molecule has 0 spiro atoms. The molecule has 0 fully saturated rings. The average molecular weight is 455 g/mol. The van der Waals surface area contributed by atoms with Crippen LogP contribution < -0.4 is 4.74 Å². The molecule has 0 aliphatic carbocycles. The average Bonchev–Trinajstić information content (AvgIpc) is 3.21. The number of hydrogen-bond donors (Lipinski definition) is 1. The molecule has 1 N–H and O–H groups in total. The van der Waals surface area contributed by atoms with E-state index in [1.54, 1.807) is 24.3 Å². The highest BCUT2D eigenvalue weighted by atomic mass is 35.5. The van der Waals surface area contributed by atoms with E-state index < -0.39 is 12.3 Å². The van der Waals surface area contributed by atoms with Gasteiger partial charge in [-0.1, -0.05) is 11.6 Å². The van der Waals surface area contributed by atoms with Gasteiger partial charge in [-0.05, 0) is 61.4 Å². The molecule has 10 heteroatoms. The minimum absolute atomic E-state index is 0.0410. The van der Waals surface area contributed by atoms with Crippen LogP contribution in [0.3, 0.4) is 0 Å². The van der Waals surface area contributed by atoms with Gasteiger partial charge in [-0.15, -0.1) is 23.4 Å². The van der Waals surface area contributed by atoms with Crippen molar-refractivity contribution in [2.45, 2.75) is 31.5 Å². The number of ether oxygens (including phenoxy) is 1. The van der Waals surface area contributed by atoms with E-state index in [0.717, 1.165) is 12.1 Å². The largest absolute Gasteiger partial charge is 0.573 e. The van der Waals surface area contributed by atoms with Crippen LogP contribution in [0.1, 0.15) is 41.4 Å². The molecule has 3 aromatic rings. The van der Waals surface area contributed by atoms with E-state index in [-0.39, 0.29) is 36.3 Å². The second-order valence-electron chi connectivity index (χ2n) is 6.72. The standard InChI is InChI=1S/C21H18ClF3N2O4/c22-16-8-4-13(5-9-16)18(29)3-1-2-15(12-28)20-27-26-19(30-20)14-6-10-17(11-7-14)31-21(23,24)25/h4-11,15,28H,1-3,12H2/t15-/m0/s1. The second kappa shape index (κ2) is 9.93. The number of aliphatic hydroxyl groups is 1. The SMILES string of the molecule is O=C(CCC[C@@H](CO)c1nnc(-c2ccc(OC(F)(F)F)cc2)o1)c1ccc(Cl)cc1. The molecule has 1 aromatic heterocycles. The maximum Gasteiger partial charge on any atom is 0.573 e. The number of ketones is 1. The molecule has 2 aromatic carbocycles. The van der Waals surface area contributed by atoms with Crippen LogP contribution in [0.2, 0.25) is 5.02 Å². The quantitative estimate of drug-likeness (QED) is 0.435. The lowest BCUT2D eigenvalue weighted by molar-refractivity contribution is -0.274. The van der Waals surface area contributed by atoms with Gasteiger partial charge in [-0.2, -0.15) is 0 Å². The number of halogens is 4. The van der Waals surface area contributed by atoms with Crippen molar-refractivity contribution >= 4 is 17.4 Å². The number of Topliss-reactive ketones (excluding diaryl/α,β-unsaturated/α-hetero) is 1. The summed E-state index contributed by atoms with van der Waals surface area (Å²) in [5, 5.41) is 18.0. The van der Waals surface area contributed by atoms with Crippen LogP contribution in [0, 0.1) is 0 Å². The first-order chi connectivity index (χ1) is 14.7. The molecule has 0 unspecified atom stereocenters. The number of alkyl halides is 3. The van der Waals surface area contributed by atoms with Gasteiger partial charge < -0.3 is 14.3 Å². The van der Waals surface area contributed by atoms with Gasteiger partial charge in [0.15, 0.2) is 5.78 Å². The summed E-state index contributed by atoms with van der Waals surface area (Å²) in [6, 6.07) is 11.6. The molecule has 0 aliphatic rings. The Morgan fingerprint density at radius 3 is 2.39 bits per heavy atom. The van der Waals surface area contributed by atoms with Gasteiger partial charge in [0, 0.05) is 22.6 Å². The highest BCUT2D eigenvalue weighted by molar-refractivity contribution is 6.30. The van der Waals surface area contributed by atoms with Gasteiger partial charge in [-0.25, -0.2) is 0 Å². The molecule has 31 heavy (non-hydrogen) atoms. The smallest absolute Gasteiger partial charge is 0.420 e. The summed E-state index contributed by atoms with van der Waals surface area (Å²) in [6.45, 7) is -0.255. The first-order valence-electron chi connectivity index (χ1n) is 9.34. The molecular weight excluding hydrogens is 437 g/mol. The molecule has 0 aliphatic heterocycles. The number of carbonyl (C=O) groups is 1. The summed E-state index contributed by atoms with van der Waals surface area (Å²) in [6.07, 6.45) is -3.56. The number of hydrogen-bond acceptors (Lipinski definition) is 6. The number of benzene rings is 2. The van der Waals surface area contributed by atoms with Crippen LogP contribution in [0.4, 0.5) is 13.2 Å². The minimum Gasteiger partial charge on any atom is -0.420 e. The number of rotatable bonds is 9. The van der Waals surface area contributed by atoms with Gasteiger partial charge in [0.1, 0.15) is 5.75 Å². The van der Waals surface area contributed by atoms with Gasteiger partial charge in [0.2, 0.25) is 11.8 Å². The zero-order valence-corrected chi connectivity index (χ0v) is 16.9. The van der Waals surface area contributed by atoms with Crippen LogP contribution in [0.5, 0.6) is 5.75 Å². The molecule has 0 radical (unpaired) electrons. The van der Waals surface area contributed by atoms with Crippen LogP contribution >= 0.6 is 11.6 Å². The molecule has 0 saturated carbocycles. The van der Waals surface area contributed by atoms with Crippen molar-refractivity contribution in [1.29, 1.82) is 0 Å². The Balaban J connectivity index is 1.58. The Hall–Kier alpha value is -2.91. The van der Waals surface area contributed by atoms with Crippen LogP contribution in [-0.4, -0.2) is 34.1 Å². The molecule has 164 valence electrons. The summed E-state index contributed by atoms with van der Waals surface area (Å²) in [5.41, 5.74) is 0.964. The first kappa shape index (κ1) is 22.8. The second-order valence-corrected chi connectivity index (χ2v) is 7.16. The van der Waals surface area contributed by atoms with E-state index in [1.165, 1.54) is 12.1 Å². The predicted octanol–water partition coefficient (Wildman–Crippen LogP) is 5.42. The molecule has 0 bridgehead atoms. The van der Waals surface area contributed by atoms with E-state index in [9.17, 15) is 23.1 Å². The van der Waals surface area contributed by atoms with Crippen molar-refractivity contribution in [2.24, 2.45) is 0 Å². The van der Waals surface area contributed by atoms with Crippen molar-refractivity contribution in [3.63, 3.8) is 0 Å². The fourth-order valence-electron chi connectivity index (χ4n) is 2.90. The number of aromatic nitrogens is 2. The highest BCUT2D eigenvalue weighted by Gasteiger charge is 2.31. The van der Waals surface area contributed by atoms with E-state index in [2.05, 4.69) is 14.9 Å². The third-order valence-corrected chi connectivity index (χ3v) is 4.72. The summed E-state index contributed by atoms with van der Waals surface area (Å²) >= 11 is 5.81.